The van der Waals surface area contributed by atoms with Crippen LogP contribution in [0.5, 0.6) is 0 Å². The third kappa shape index (κ3) is 5.46. The van der Waals surface area contributed by atoms with Crippen LogP contribution in [-0.4, -0.2) is 18.5 Å². The Hall–Kier alpha value is -3.11. The molecular weight excluding hydrogens is 386 g/mol. The lowest BCUT2D eigenvalue weighted by Gasteiger charge is -2.12. The van der Waals surface area contributed by atoms with Crippen LogP contribution in [-0.2, 0) is 17.6 Å². The molecule has 1 amide bonds. The molecule has 29 heavy (non-hydrogen) atoms. The predicted octanol–water partition coefficient (Wildman–Crippen LogP) is 5.55. The van der Waals surface area contributed by atoms with Crippen molar-refractivity contribution >= 4 is 29.2 Å². The van der Waals surface area contributed by atoms with Crippen LogP contribution in [0.2, 0.25) is 5.02 Å². The number of hydrogen-bond donors (Lipinski definition) is 1. The minimum atomic E-state index is -0.446. The van der Waals surface area contributed by atoms with Gasteiger partial charge in [-0.3, -0.25) is 4.79 Å². The molecule has 0 aliphatic carbocycles. The highest BCUT2D eigenvalue weighted by molar-refractivity contribution is 6.34. The van der Waals surface area contributed by atoms with Crippen molar-refractivity contribution in [3.8, 4) is 0 Å². The van der Waals surface area contributed by atoms with Gasteiger partial charge < -0.3 is 10.1 Å². The van der Waals surface area contributed by atoms with E-state index in [2.05, 4.69) is 17.4 Å². The Morgan fingerprint density at radius 1 is 0.931 bits per heavy atom. The highest BCUT2D eigenvalue weighted by atomic mass is 35.5. The molecule has 0 aliphatic heterocycles. The number of ether oxygens (including phenoxy) is 1. The molecule has 0 heterocycles. The van der Waals surface area contributed by atoms with Crippen molar-refractivity contribution in [3.63, 3.8) is 0 Å². The molecule has 0 saturated carbocycles. The third-order valence-electron chi connectivity index (χ3n) is 4.52. The zero-order valence-corrected chi connectivity index (χ0v) is 16.9. The second-order valence-corrected chi connectivity index (χ2v) is 6.92. The van der Waals surface area contributed by atoms with Crippen molar-refractivity contribution in [3.05, 3.63) is 100 Å². The zero-order chi connectivity index (χ0) is 20.6. The molecule has 0 spiro atoms. The minimum absolute atomic E-state index is 0.237. The van der Waals surface area contributed by atoms with Crippen LogP contribution in [0.1, 0.15) is 38.8 Å². The number of anilines is 1. The van der Waals surface area contributed by atoms with Gasteiger partial charge in [0, 0.05) is 5.56 Å². The van der Waals surface area contributed by atoms with Gasteiger partial charge in [0.05, 0.1) is 22.9 Å². The van der Waals surface area contributed by atoms with Crippen LogP contribution in [0.3, 0.4) is 0 Å². The number of hydrogen-bond acceptors (Lipinski definition) is 3. The third-order valence-corrected chi connectivity index (χ3v) is 4.83. The smallest absolute Gasteiger partial charge is 0.338 e. The van der Waals surface area contributed by atoms with Gasteiger partial charge in [0.15, 0.2) is 0 Å². The van der Waals surface area contributed by atoms with E-state index >= 15 is 0 Å². The van der Waals surface area contributed by atoms with Crippen LogP contribution in [0.25, 0.3) is 0 Å². The van der Waals surface area contributed by atoms with Gasteiger partial charge in [0.25, 0.3) is 5.91 Å². The Morgan fingerprint density at radius 2 is 1.66 bits per heavy atom. The maximum Gasteiger partial charge on any atom is 0.338 e. The Labute approximate surface area is 175 Å². The van der Waals surface area contributed by atoms with Crippen LogP contribution < -0.4 is 5.32 Å². The first-order chi connectivity index (χ1) is 14.1. The molecule has 0 aromatic heterocycles. The summed E-state index contributed by atoms with van der Waals surface area (Å²) in [4.78, 5) is 24.7. The quantitative estimate of drug-likeness (QED) is 0.522. The SMILES string of the molecule is CCOC(=O)c1ccc(NC(=O)c2ccccc2CCc2ccccc2)c(Cl)c1. The summed E-state index contributed by atoms with van der Waals surface area (Å²) in [5, 5.41) is 3.12. The number of benzene rings is 3. The van der Waals surface area contributed by atoms with Crippen LogP contribution >= 0.6 is 11.6 Å². The Morgan fingerprint density at radius 3 is 2.38 bits per heavy atom. The van der Waals surface area contributed by atoms with Gasteiger partial charge in [-0.15, -0.1) is 0 Å². The van der Waals surface area contributed by atoms with E-state index < -0.39 is 5.97 Å². The van der Waals surface area contributed by atoms with Crippen molar-refractivity contribution in [2.45, 2.75) is 19.8 Å². The standard InChI is InChI=1S/C24H22ClNO3/c1-2-29-24(28)19-14-15-22(21(25)16-19)26-23(27)20-11-7-6-10-18(20)13-12-17-8-4-3-5-9-17/h3-11,14-16H,2,12-13H2,1H3,(H,26,27). The molecule has 3 rings (SSSR count). The summed E-state index contributed by atoms with van der Waals surface area (Å²) in [7, 11) is 0. The molecule has 0 radical (unpaired) electrons. The van der Waals surface area contributed by atoms with Gasteiger partial charge in [-0.25, -0.2) is 4.79 Å². The lowest BCUT2D eigenvalue weighted by Crippen LogP contribution is -2.15. The topological polar surface area (TPSA) is 55.4 Å². The van der Waals surface area contributed by atoms with Crippen molar-refractivity contribution in [2.75, 3.05) is 11.9 Å². The summed E-state index contributed by atoms with van der Waals surface area (Å²) < 4.78 is 4.97. The Kier molecular flexibility index (Phi) is 7.04. The average molecular weight is 408 g/mol. The Balaban J connectivity index is 1.73. The maximum absolute atomic E-state index is 12.9. The van der Waals surface area contributed by atoms with Crippen molar-refractivity contribution in [1.29, 1.82) is 0 Å². The Bertz CT molecular complexity index is 1000. The number of halogens is 1. The predicted molar refractivity (Wildman–Crippen MR) is 116 cm³/mol. The number of amides is 1. The number of rotatable bonds is 7. The minimum Gasteiger partial charge on any atom is -0.462 e. The van der Waals surface area contributed by atoms with Crippen LogP contribution in [0, 0.1) is 0 Å². The van der Waals surface area contributed by atoms with E-state index in [-0.39, 0.29) is 17.5 Å². The van der Waals surface area contributed by atoms with E-state index in [1.54, 1.807) is 25.1 Å². The van der Waals surface area contributed by atoms with Crippen molar-refractivity contribution in [1.82, 2.24) is 0 Å². The number of carbonyl (C=O) groups is 2. The molecule has 0 saturated heterocycles. The van der Waals surface area contributed by atoms with Gasteiger partial charge in [-0.2, -0.15) is 0 Å². The summed E-state index contributed by atoms with van der Waals surface area (Å²) in [6.07, 6.45) is 1.60. The van der Waals surface area contributed by atoms with E-state index in [9.17, 15) is 9.59 Å². The fourth-order valence-electron chi connectivity index (χ4n) is 3.03. The maximum atomic E-state index is 12.9. The molecular formula is C24H22ClNO3. The number of aryl methyl sites for hydroxylation is 2. The molecule has 0 fully saturated rings. The molecule has 4 nitrogen and oxygen atoms in total. The monoisotopic (exact) mass is 407 g/mol. The van der Waals surface area contributed by atoms with E-state index in [1.807, 2.05) is 36.4 Å². The van der Waals surface area contributed by atoms with Crippen LogP contribution in [0.4, 0.5) is 5.69 Å². The van der Waals surface area contributed by atoms with Gasteiger partial charge in [-0.05, 0) is 55.2 Å². The second kappa shape index (κ2) is 9.89. The molecule has 0 atom stereocenters. The summed E-state index contributed by atoms with van der Waals surface area (Å²) in [5.41, 5.74) is 3.59. The van der Waals surface area contributed by atoms with Crippen molar-refractivity contribution < 1.29 is 14.3 Å². The lowest BCUT2D eigenvalue weighted by molar-refractivity contribution is 0.0526. The summed E-state index contributed by atoms with van der Waals surface area (Å²) in [6, 6.07) is 22.4. The molecule has 3 aromatic rings. The molecule has 0 unspecified atom stereocenters. The molecule has 5 heteroatoms. The summed E-state index contributed by atoms with van der Waals surface area (Å²) in [6.45, 7) is 2.03. The molecule has 3 aromatic carbocycles. The normalized spacial score (nSPS) is 10.4. The number of carbonyl (C=O) groups excluding carboxylic acids is 2. The largest absolute Gasteiger partial charge is 0.462 e. The summed E-state index contributed by atoms with van der Waals surface area (Å²) in [5.74, 6) is -0.682. The highest BCUT2D eigenvalue weighted by Crippen LogP contribution is 2.25. The molecule has 0 aliphatic rings. The zero-order valence-electron chi connectivity index (χ0n) is 16.2. The highest BCUT2D eigenvalue weighted by Gasteiger charge is 2.14. The van der Waals surface area contributed by atoms with E-state index in [0.717, 1.165) is 18.4 Å². The van der Waals surface area contributed by atoms with Crippen molar-refractivity contribution in [2.24, 2.45) is 0 Å². The van der Waals surface area contributed by atoms with Crippen LogP contribution in [0.15, 0.2) is 72.8 Å². The van der Waals surface area contributed by atoms with Gasteiger partial charge in [0.1, 0.15) is 0 Å². The fourth-order valence-corrected chi connectivity index (χ4v) is 3.26. The number of esters is 1. The first-order valence-corrected chi connectivity index (χ1v) is 9.86. The van der Waals surface area contributed by atoms with Gasteiger partial charge in [-0.1, -0.05) is 60.1 Å². The van der Waals surface area contributed by atoms with Gasteiger partial charge in [0.2, 0.25) is 0 Å². The average Bonchev–Trinajstić information content (AvgIpc) is 2.74. The van der Waals surface area contributed by atoms with Gasteiger partial charge >= 0.3 is 5.97 Å². The second-order valence-electron chi connectivity index (χ2n) is 6.51. The summed E-state index contributed by atoms with van der Waals surface area (Å²) >= 11 is 6.26. The first kappa shape index (κ1) is 20.6. The molecule has 0 bridgehead atoms. The van der Waals surface area contributed by atoms with E-state index in [1.165, 1.54) is 11.6 Å². The number of nitrogens with one attached hydrogen (secondary N) is 1. The first-order valence-electron chi connectivity index (χ1n) is 9.48. The molecule has 1 N–H and O–H groups in total. The van der Waals surface area contributed by atoms with E-state index in [0.29, 0.717) is 16.8 Å². The molecule has 148 valence electrons. The van der Waals surface area contributed by atoms with E-state index in [4.69, 9.17) is 16.3 Å². The fraction of sp³-hybridized carbons (Fsp3) is 0.167. The lowest BCUT2D eigenvalue weighted by atomic mass is 9.99.